The number of halogens is 2. The molecule has 0 unspecified atom stereocenters. The molecule has 0 radical (unpaired) electrons. The van der Waals surface area contributed by atoms with Crippen molar-refractivity contribution in [2.24, 2.45) is 0 Å². The second kappa shape index (κ2) is 8.56. The van der Waals surface area contributed by atoms with Gasteiger partial charge in [0.15, 0.2) is 11.4 Å². The maximum Gasteiger partial charge on any atom is 0.288 e. The molecule has 2 aliphatic heterocycles. The first-order valence-electron chi connectivity index (χ1n) is 10.4. The molecule has 2 amide bonds. The molecule has 0 atom stereocenters. The van der Waals surface area contributed by atoms with E-state index in [1.165, 1.54) is 21.8 Å². The van der Waals surface area contributed by atoms with Gasteiger partial charge in [-0.3, -0.25) is 19.4 Å². The van der Waals surface area contributed by atoms with Crippen LogP contribution in [0, 0.1) is 11.6 Å². The number of hydrazine groups is 1. The molecule has 176 valence electrons. The van der Waals surface area contributed by atoms with E-state index in [2.05, 4.69) is 5.32 Å². The molecule has 1 aromatic heterocycles. The summed E-state index contributed by atoms with van der Waals surface area (Å²) in [6.45, 7) is 0.804. The summed E-state index contributed by atoms with van der Waals surface area (Å²) in [5, 5.41) is 16.2. The number of nitrogens with one attached hydrogen (secondary N) is 1. The Hall–Kier alpha value is -3.31. The maximum atomic E-state index is 13.9. The van der Waals surface area contributed by atoms with E-state index in [-0.39, 0.29) is 29.9 Å². The van der Waals surface area contributed by atoms with Gasteiger partial charge in [0.25, 0.3) is 11.8 Å². The second-order valence-corrected chi connectivity index (χ2v) is 8.40. The Morgan fingerprint density at radius 2 is 1.94 bits per heavy atom. The molecule has 1 saturated heterocycles. The predicted molar refractivity (Wildman–Crippen MR) is 113 cm³/mol. The van der Waals surface area contributed by atoms with Crippen LogP contribution in [0.1, 0.15) is 39.3 Å². The average molecular weight is 462 g/mol. The van der Waals surface area contributed by atoms with Crippen LogP contribution in [0.15, 0.2) is 29.2 Å². The highest BCUT2D eigenvalue weighted by atomic mass is 19.1. The van der Waals surface area contributed by atoms with Gasteiger partial charge in [-0.15, -0.1) is 0 Å². The number of carbonyl (C=O) groups is 2. The van der Waals surface area contributed by atoms with Gasteiger partial charge in [0.2, 0.25) is 5.43 Å². The zero-order chi connectivity index (χ0) is 23.9. The number of carbonyl (C=O) groups excluding carboxylic acids is 2. The molecular formula is C22H24F2N4O5. The average Bonchev–Trinajstić information content (AvgIpc) is 2.77. The number of hydrogen-bond acceptors (Lipinski definition) is 6. The van der Waals surface area contributed by atoms with Gasteiger partial charge < -0.3 is 19.7 Å². The van der Waals surface area contributed by atoms with E-state index in [4.69, 9.17) is 4.74 Å². The summed E-state index contributed by atoms with van der Waals surface area (Å²) < 4.78 is 34.0. The first-order chi connectivity index (χ1) is 15.6. The van der Waals surface area contributed by atoms with E-state index in [0.717, 1.165) is 6.07 Å². The Morgan fingerprint density at radius 3 is 2.58 bits per heavy atom. The molecule has 2 N–H and O–H groups in total. The van der Waals surface area contributed by atoms with Crippen molar-refractivity contribution in [1.29, 1.82) is 0 Å². The smallest absolute Gasteiger partial charge is 0.288 e. The molecular weight excluding hydrogens is 438 g/mol. The Balaban J connectivity index is 1.74. The highest BCUT2D eigenvalue weighted by molar-refractivity contribution is 5.99. The van der Waals surface area contributed by atoms with E-state index in [1.807, 2.05) is 0 Å². The molecule has 0 aliphatic carbocycles. The van der Waals surface area contributed by atoms with Crippen LogP contribution in [0.5, 0.6) is 5.75 Å². The number of benzene rings is 1. The SMILES string of the molecule is CN(C)N1CC2(CCOCC2)n2cc(C(=O)NCc3ccc(F)cc3F)c(=O)c(O)c2C1=O. The Bertz CT molecular complexity index is 1170. The molecule has 33 heavy (non-hydrogen) atoms. The molecule has 1 fully saturated rings. The highest BCUT2D eigenvalue weighted by Crippen LogP contribution is 2.37. The summed E-state index contributed by atoms with van der Waals surface area (Å²) >= 11 is 0. The molecule has 1 spiro atoms. The van der Waals surface area contributed by atoms with Gasteiger partial charge in [0.1, 0.15) is 17.2 Å². The van der Waals surface area contributed by atoms with Crippen LogP contribution in [-0.4, -0.2) is 65.4 Å². The molecule has 1 aromatic carbocycles. The highest BCUT2D eigenvalue weighted by Gasteiger charge is 2.46. The lowest BCUT2D eigenvalue weighted by atomic mass is 9.86. The monoisotopic (exact) mass is 462 g/mol. The van der Waals surface area contributed by atoms with E-state index >= 15 is 0 Å². The lowest BCUT2D eigenvalue weighted by Gasteiger charge is -2.48. The number of fused-ring (bicyclic) bond motifs is 2. The summed E-state index contributed by atoms with van der Waals surface area (Å²) in [5.74, 6) is -3.82. The molecule has 11 heteroatoms. The van der Waals surface area contributed by atoms with Crippen molar-refractivity contribution in [3.8, 4) is 5.75 Å². The summed E-state index contributed by atoms with van der Waals surface area (Å²) in [5.41, 5.74) is -2.23. The van der Waals surface area contributed by atoms with Crippen molar-refractivity contribution < 1.29 is 28.2 Å². The van der Waals surface area contributed by atoms with Crippen molar-refractivity contribution in [3.63, 3.8) is 0 Å². The molecule has 3 heterocycles. The lowest BCUT2D eigenvalue weighted by molar-refractivity contribution is -0.0518. The van der Waals surface area contributed by atoms with Crippen molar-refractivity contribution >= 4 is 11.8 Å². The van der Waals surface area contributed by atoms with Crippen molar-refractivity contribution in [3.05, 3.63) is 63.1 Å². The van der Waals surface area contributed by atoms with E-state index < -0.39 is 40.2 Å². The van der Waals surface area contributed by atoms with Crippen LogP contribution in [0.3, 0.4) is 0 Å². The maximum absolute atomic E-state index is 13.9. The summed E-state index contributed by atoms with van der Waals surface area (Å²) in [7, 11) is 3.37. The van der Waals surface area contributed by atoms with Gasteiger partial charge in [-0.2, -0.15) is 0 Å². The third-order valence-electron chi connectivity index (χ3n) is 6.18. The van der Waals surface area contributed by atoms with Gasteiger partial charge in [-0.05, 0) is 18.9 Å². The normalized spacial score (nSPS) is 17.4. The molecule has 4 rings (SSSR count). The number of rotatable bonds is 4. The van der Waals surface area contributed by atoms with Crippen LogP contribution >= 0.6 is 0 Å². The number of aromatic nitrogens is 1. The largest absolute Gasteiger partial charge is 0.503 e. The van der Waals surface area contributed by atoms with E-state index in [9.17, 15) is 28.3 Å². The predicted octanol–water partition coefficient (Wildman–Crippen LogP) is 1.20. The number of hydrogen-bond donors (Lipinski definition) is 2. The third-order valence-corrected chi connectivity index (χ3v) is 6.18. The Kier molecular flexibility index (Phi) is 5.93. The second-order valence-electron chi connectivity index (χ2n) is 8.40. The van der Waals surface area contributed by atoms with Gasteiger partial charge in [0.05, 0.1) is 12.1 Å². The van der Waals surface area contributed by atoms with Crippen LogP contribution < -0.4 is 10.7 Å². The summed E-state index contributed by atoms with van der Waals surface area (Å²) in [6.07, 6.45) is 2.29. The van der Waals surface area contributed by atoms with Crippen LogP contribution in [0.4, 0.5) is 8.78 Å². The first-order valence-corrected chi connectivity index (χ1v) is 10.4. The fourth-order valence-corrected chi connectivity index (χ4v) is 4.30. The van der Waals surface area contributed by atoms with Crippen LogP contribution in [0.25, 0.3) is 0 Å². The van der Waals surface area contributed by atoms with Gasteiger partial charge >= 0.3 is 0 Å². The summed E-state index contributed by atoms with van der Waals surface area (Å²) in [4.78, 5) is 38.7. The fourth-order valence-electron chi connectivity index (χ4n) is 4.30. The summed E-state index contributed by atoms with van der Waals surface area (Å²) in [6, 6.07) is 2.94. The van der Waals surface area contributed by atoms with Crippen LogP contribution in [-0.2, 0) is 16.8 Å². The lowest BCUT2D eigenvalue weighted by Crippen LogP contribution is -2.60. The minimum atomic E-state index is -1.01. The van der Waals surface area contributed by atoms with Crippen LogP contribution in [0.2, 0.25) is 0 Å². The van der Waals surface area contributed by atoms with Crippen molar-refractivity contribution in [2.75, 3.05) is 33.9 Å². The molecule has 2 aromatic rings. The zero-order valence-corrected chi connectivity index (χ0v) is 18.2. The molecule has 0 bridgehead atoms. The van der Waals surface area contributed by atoms with Gasteiger partial charge in [-0.25, -0.2) is 13.8 Å². The Morgan fingerprint density at radius 1 is 1.24 bits per heavy atom. The molecule has 2 aliphatic rings. The number of amides is 2. The van der Waals surface area contributed by atoms with Gasteiger partial charge in [-0.1, -0.05) is 6.07 Å². The zero-order valence-electron chi connectivity index (χ0n) is 18.2. The number of nitrogens with zero attached hydrogens (tertiary/aromatic N) is 3. The number of pyridine rings is 1. The number of ether oxygens (including phenoxy) is 1. The van der Waals surface area contributed by atoms with E-state index in [0.29, 0.717) is 32.1 Å². The topological polar surface area (TPSA) is 104 Å². The molecule has 9 nitrogen and oxygen atoms in total. The minimum absolute atomic E-state index is 0.0322. The minimum Gasteiger partial charge on any atom is -0.503 e. The first kappa shape index (κ1) is 22.9. The standard InChI is InChI=1S/C22H24F2N4O5/c1-26(2)28-12-22(5-7-33-8-6-22)27-11-15(18(29)19(30)17(27)21(28)32)20(31)25-10-13-3-4-14(23)9-16(13)24/h3-4,9,11,30H,5-8,10,12H2,1-2H3,(H,25,31). The quantitative estimate of drug-likeness (QED) is 0.708. The Labute approximate surface area is 188 Å². The van der Waals surface area contributed by atoms with E-state index in [1.54, 1.807) is 19.1 Å². The van der Waals surface area contributed by atoms with Gasteiger partial charge in [0, 0.05) is 51.7 Å². The van der Waals surface area contributed by atoms with Crippen molar-refractivity contribution in [1.82, 2.24) is 19.9 Å². The molecule has 0 saturated carbocycles. The van der Waals surface area contributed by atoms with Crippen molar-refractivity contribution in [2.45, 2.75) is 24.9 Å². The fraction of sp³-hybridized carbons (Fsp3) is 0.409. The number of aromatic hydroxyl groups is 1. The third kappa shape index (κ3) is 3.98.